The van der Waals surface area contributed by atoms with Crippen molar-refractivity contribution in [3.8, 4) is 11.3 Å². The SMILES string of the molecule is CNC(=O)CNC(=O)c1ccc(-c2ccc(CNC(=O)c3ccccn3)cc2)o1. The summed E-state index contributed by atoms with van der Waals surface area (Å²) in [4.78, 5) is 39.2. The van der Waals surface area contributed by atoms with Gasteiger partial charge >= 0.3 is 0 Å². The molecule has 3 amide bonds. The van der Waals surface area contributed by atoms with Gasteiger partial charge in [0, 0.05) is 25.4 Å². The Kier molecular flexibility index (Phi) is 6.36. The predicted molar refractivity (Wildman–Crippen MR) is 106 cm³/mol. The molecule has 0 bridgehead atoms. The van der Waals surface area contributed by atoms with E-state index >= 15 is 0 Å². The Bertz CT molecular complexity index is 997. The fourth-order valence-electron chi connectivity index (χ4n) is 2.51. The number of carbonyl (C=O) groups is 3. The van der Waals surface area contributed by atoms with Crippen LogP contribution in [0, 0.1) is 0 Å². The summed E-state index contributed by atoms with van der Waals surface area (Å²) in [5.74, 6) is -0.354. The fraction of sp³-hybridized carbons (Fsp3) is 0.143. The standard InChI is InChI=1S/C21H20N4O4/c1-22-19(26)13-25-21(28)18-10-9-17(29-18)15-7-5-14(6-8-15)12-24-20(27)16-4-2-3-11-23-16/h2-11H,12-13H2,1H3,(H,22,26)(H,24,27)(H,25,28). The first kappa shape index (κ1) is 19.8. The summed E-state index contributed by atoms with van der Waals surface area (Å²) < 4.78 is 5.57. The van der Waals surface area contributed by atoms with E-state index in [2.05, 4.69) is 20.9 Å². The van der Waals surface area contributed by atoms with Crippen LogP contribution in [0.5, 0.6) is 0 Å². The minimum absolute atomic E-state index is 0.121. The van der Waals surface area contributed by atoms with Crippen LogP contribution in [0.4, 0.5) is 0 Å². The predicted octanol–water partition coefficient (Wildman–Crippen LogP) is 1.75. The van der Waals surface area contributed by atoms with Crippen molar-refractivity contribution < 1.29 is 18.8 Å². The number of likely N-dealkylation sites (N-methyl/N-ethyl adjacent to an activating group) is 1. The van der Waals surface area contributed by atoms with Crippen LogP contribution in [0.3, 0.4) is 0 Å². The lowest BCUT2D eigenvalue weighted by Crippen LogP contribution is -2.34. The maximum atomic E-state index is 12.0. The van der Waals surface area contributed by atoms with Gasteiger partial charge < -0.3 is 20.4 Å². The van der Waals surface area contributed by atoms with Gasteiger partial charge in [-0.05, 0) is 29.8 Å². The first-order valence-electron chi connectivity index (χ1n) is 8.94. The third kappa shape index (κ3) is 5.29. The van der Waals surface area contributed by atoms with E-state index in [1.165, 1.54) is 7.05 Å². The van der Waals surface area contributed by atoms with Gasteiger partial charge in [-0.2, -0.15) is 0 Å². The van der Waals surface area contributed by atoms with Gasteiger partial charge in [0.25, 0.3) is 11.8 Å². The van der Waals surface area contributed by atoms with Crippen LogP contribution in [0.15, 0.2) is 65.2 Å². The van der Waals surface area contributed by atoms with Gasteiger partial charge in [-0.1, -0.05) is 30.3 Å². The van der Waals surface area contributed by atoms with Crippen LogP contribution in [0.25, 0.3) is 11.3 Å². The Morgan fingerprint density at radius 3 is 2.41 bits per heavy atom. The second-order valence-electron chi connectivity index (χ2n) is 6.11. The highest BCUT2D eigenvalue weighted by molar-refractivity contribution is 5.94. The topological polar surface area (TPSA) is 113 Å². The summed E-state index contributed by atoms with van der Waals surface area (Å²) in [5, 5.41) is 7.71. The molecule has 0 saturated heterocycles. The highest BCUT2D eigenvalue weighted by Crippen LogP contribution is 2.22. The summed E-state index contributed by atoms with van der Waals surface area (Å²) in [6, 6.07) is 15.8. The van der Waals surface area contributed by atoms with Crippen LogP contribution >= 0.6 is 0 Å². The van der Waals surface area contributed by atoms with Gasteiger partial charge in [-0.15, -0.1) is 0 Å². The van der Waals surface area contributed by atoms with Crippen LogP contribution < -0.4 is 16.0 Å². The quantitative estimate of drug-likeness (QED) is 0.567. The molecule has 0 aliphatic rings. The average Bonchev–Trinajstić information content (AvgIpc) is 3.27. The van der Waals surface area contributed by atoms with Crippen molar-refractivity contribution in [1.82, 2.24) is 20.9 Å². The second-order valence-corrected chi connectivity index (χ2v) is 6.11. The van der Waals surface area contributed by atoms with Crippen LogP contribution in [-0.2, 0) is 11.3 Å². The van der Waals surface area contributed by atoms with Crippen LogP contribution in [0.2, 0.25) is 0 Å². The zero-order valence-corrected chi connectivity index (χ0v) is 15.8. The van der Waals surface area contributed by atoms with Crippen molar-refractivity contribution in [3.63, 3.8) is 0 Å². The van der Waals surface area contributed by atoms with Crippen molar-refractivity contribution in [1.29, 1.82) is 0 Å². The number of hydrogen-bond acceptors (Lipinski definition) is 5. The molecular formula is C21H20N4O4. The molecule has 0 spiro atoms. The van der Waals surface area contributed by atoms with Gasteiger partial charge in [-0.25, -0.2) is 0 Å². The number of pyridine rings is 1. The van der Waals surface area contributed by atoms with Gasteiger partial charge in [0.2, 0.25) is 5.91 Å². The Hall–Kier alpha value is -3.94. The van der Waals surface area contributed by atoms with E-state index in [9.17, 15) is 14.4 Å². The lowest BCUT2D eigenvalue weighted by atomic mass is 10.1. The van der Waals surface area contributed by atoms with E-state index < -0.39 is 5.91 Å². The number of aromatic nitrogens is 1. The maximum absolute atomic E-state index is 12.0. The Labute approximate surface area is 167 Å². The number of benzene rings is 1. The minimum Gasteiger partial charge on any atom is -0.451 e. The number of amides is 3. The van der Waals surface area contributed by atoms with Crippen molar-refractivity contribution in [3.05, 3.63) is 77.8 Å². The van der Waals surface area contributed by atoms with E-state index in [1.807, 2.05) is 24.3 Å². The van der Waals surface area contributed by atoms with Gasteiger partial charge in [0.15, 0.2) is 5.76 Å². The molecule has 3 rings (SSSR count). The Balaban J connectivity index is 1.57. The molecule has 0 atom stereocenters. The normalized spacial score (nSPS) is 10.2. The molecule has 3 N–H and O–H groups in total. The first-order valence-corrected chi connectivity index (χ1v) is 8.94. The number of rotatable bonds is 7. The highest BCUT2D eigenvalue weighted by atomic mass is 16.3. The lowest BCUT2D eigenvalue weighted by Gasteiger charge is -2.06. The van der Waals surface area contributed by atoms with Crippen molar-refractivity contribution in [2.24, 2.45) is 0 Å². The van der Waals surface area contributed by atoms with E-state index in [1.54, 1.807) is 36.5 Å². The number of carbonyl (C=O) groups excluding carboxylic acids is 3. The minimum atomic E-state index is -0.464. The third-order valence-corrected chi connectivity index (χ3v) is 4.11. The van der Waals surface area contributed by atoms with Crippen molar-refractivity contribution >= 4 is 17.7 Å². The summed E-state index contributed by atoms with van der Waals surface area (Å²) in [6.07, 6.45) is 1.57. The van der Waals surface area contributed by atoms with Crippen molar-refractivity contribution in [2.75, 3.05) is 13.6 Å². The van der Waals surface area contributed by atoms with E-state index in [0.717, 1.165) is 11.1 Å². The summed E-state index contributed by atoms with van der Waals surface area (Å²) in [6.45, 7) is 0.241. The number of hydrogen-bond donors (Lipinski definition) is 3. The number of nitrogens with one attached hydrogen (secondary N) is 3. The number of nitrogens with zero attached hydrogens (tertiary/aromatic N) is 1. The molecular weight excluding hydrogens is 372 g/mol. The largest absolute Gasteiger partial charge is 0.451 e. The molecule has 2 aromatic heterocycles. The molecule has 0 fully saturated rings. The zero-order chi connectivity index (χ0) is 20.6. The van der Waals surface area contributed by atoms with Gasteiger partial charge in [-0.3, -0.25) is 19.4 Å². The Morgan fingerprint density at radius 2 is 1.72 bits per heavy atom. The second kappa shape index (κ2) is 9.32. The molecule has 0 radical (unpaired) electrons. The first-order chi connectivity index (χ1) is 14.1. The fourth-order valence-corrected chi connectivity index (χ4v) is 2.51. The monoisotopic (exact) mass is 392 g/mol. The lowest BCUT2D eigenvalue weighted by molar-refractivity contribution is -0.119. The molecule has 8 nitrogen and oxygen atoms in total. The van der Waals surface area contributed by atoms with Crippen LogP contribution in [0.1, 0.15) is 26.6 Å². The smallest absolute Gasteiger partial charge is 0.287 e. The van der Waals surface area contributed by atoms with E-state index in [-0.39, 0.29) is 24.1 Å². The van der Waals surface area contributed by atoms with E-state index in [0.29, 0.717) is 18.0 Å². The highest BCUT2D eigenvalue weighted by Gasteiger charge is 2.13. The maximum Gasteiger partial charge on any atom is 0.287 e. The molecule has 0 unspecified atom stereocenters. The van der Waals surface area contributed by atoms with Gasteiger partial charge in [0.05, 0.1) is 6.54 Å². The molecule has 0 aliphatic carbocycles. The molecule has 29 heavy (non-hydrogen) atoms. The summed E-state index contributed by atoms with van der Waals surface area (Å²) >= 11 is 0. The molecule has 0 aliphatic heterocycles. The third-order valence-electron chi connectivity index (χ3n) is 4.11. The molecule has 2 heterocycles. The van der Waals surface area contributed by atoms with Gasteiger partial charge in [0.1, 0.15) is 11.5 Å². The molecule has 3 aromatic rings. The number of furan rings is 1. The Morgan fingerprint density at radius 1 is 0.931 bits per heavy atom. The van der Waals surface area contributed by atoms with E-state index in [4.69, 9.17) is 4.42 Å². The van der Waals surface area contributed by atoms with Crippen LogP contribution in [-0.4, -0.2) is 36.3 Å². The summed E-state index contributed by atoms with van der Waals surface area (Å²) in [7, 11) is 1.49. The summed E-state index contributed by atoms with van der Waals surface area (Å²) in [5.41, 5.74) is 2.06. The van der Waals surface area contributed by atoms with Crippen molar-refractivity contribution in [2.45, 2.75) is 6.54 Å². The zero-order valence-electron chi connectivity index (χ0n) is 15.8. The molecule has 8 heteroatoms. The average molecular weight is 392 g/mol. The molecule has 1 aromatic carbocycles. The molecule has 148 valence electrons. The molecule has 0 saturated carbocycles.